The molecule has 7 nitrogen and oxygen atoms in total. The Kier molecular flexibility index (Phi) is 7.98. The molecule has 0 radical (unpaired) electrons. The van der Waals surface area contributed by atoms with Gasteiger partial charge in [0.2, 0.25) is 5.78 Å². The number of aromatic nitrogens is 2. The Balaban J connectivity index is 0.00000103. The summed E-state index contributed by atoms with van der Waals surface area (Å²) in [6, 6.07) is 8.10. The quantitative estimate of drug-likeness (QED) is 0.612. The molecular weight excluding hydrogens is 430 g/mol. The highest BCUT2D eigenvalue weighted by molar-refractivity contribution is 5.95. The van der Waals surface area contributed by atoms with Gasteiger partial charge in [-0.2, -0.15) is 14.9 Å². The summed E-state index contributed by atoms with van der Waals surface area (Å²) in [5, 5.41) is 20.3. The maximum Gasteiger partial charge on any atom is 0.373 e. The molecule has 2 aromatic rings. The molecule has 0 bridgehead atoms. The predicted octanol–water partition coefficient (Wildman–Crippen LogP) is 4.87. The molecule has 178 valence electrons. The van der Waals surface area contributed by atoms with Crippen LogP contribution in [-0.2, 0) is 21.6 Å². The summed E-state index contributed by atoms with van der Waals surface area (Å²) in [5.41, 5.74) is 4.07. The van der Waals surface area contributed by atoms with Crippen LogP contribution in [0.4, 0.5) is 0 Å². The molecule has 0 saturated heterocycles. The number of hydrogen-bond donors (Lipinski definition) is 2. The Bertz CT molecular complexity index is 1140. The minimum atomic E-state index is -0.771. The highest BCUT2D eigenvalue weighted by Crippen LogP contribution is 2.42. The molecule has 4 rings (SSSR count). The van der Waals surface area contributed by atoms with Gasteiger partial charge in [0, 0.05) is 6.42 Å². The monoisotopic (exact) mass is 461 g/mol. The van der Waals surface area contributed by atoms with E-state index < -0.39 is 5.60 Å². The van der Waals surface area contributed by atoms with E-state index in [1.807, 2.05) is 18.2 Å². The highest BCUT2D eigenvalue weighted by Gasteiger charge is 2.32. The Morgan fingerprint density at radius 3 is 2.47 bits per heavy atom. The number of aromatic amines is 1. The molecule has 1 heterocycles. The first-order valence-electron chi connectivity index (χ1n) is 11.7. The molecule has 0 aliphatic heterocycles. The number of aliphatic hydroxyl groups is 1. The zero-order chi connectivity index (χ0) is 24.8. The van der Waals surface area contributed by atoms with E-state index in [4.69, 9.17) is 14.9 Å². The Morgan fingerprint density at radius 2 is 1.88 bits per heavy atom. The van der Waals surface area contributed by atoms with Crippen LogP contribution in [0, 0.1) is 16.7 Å². The molecule has 0 amide bonds. The molecule has 1 fully saturated rings. The summed E-state index contributed by atoms with van der Waals surface area (Å²) in [7, 11) is 0. The lowest BCUT2D eigenvalue weighted by Crippen LogP contribution is -2.28. The van der Waals surface area contributed by atoms with E-state index in [0.717, 1.165) is 61.6 Å². The summed E-state index contributed by atoms with van der Waals surface area (Å²) in [4.78, 5) is 36.0. The van der Waals surface area contributed by atoms with Gasteiger partial charge in [-0.25, -0.2) is 4.98 Å². The summed E-state index contributed by atoms with van der Waals surface area (Å²) in [6.07, 6.45) is 12.1. The van der Waals surface area contributed by atoms with E-state index in [-0.39, 0.29) is 29.9 Å². The summed E-state index contributed by atoms with van der Waals surface area (Å²) >= 11 is 0. The van der Waals surface area contributed by atoms with Crippen LogP contribution < -0.4 is 0 Å². The maximum atomic E-state index is 12.9. The molecule has 34 heavy (non-hydrogen) atoms. The number of hydrogen-bond acceptors (Lipinski definition) is 6. The van der Waals surface area contributed by atoms with Crippen molar-refractivity contribution in [3.05, 3.63) is 58.7 Å². The summed E-state index contributed by atoms with van der Waals surface area (Å²) in [5.74, 6) is 0.0832. The van der Waals surface area contributed by atoms with E-state index in [1.54, 1.807) is 0 Å². The first kappa shape index (κ1) is 25.3. The number of carbonyl (C=O) groups excluding carboxylic acids is 3. The zero-order valence-corrected chi connectivity index (χ0v) is 19.8. The molecule has 0 unspecified atom stereocenters. The van der Waals surface area contributed by atoms with E-state index in [9.17, 15) is 9.90 Å². The fourth-order valence-corrected chi connectivity index (χ4v) is 4.84. The molecular formula is C27H31N3O4. The van der Waals surface area contributed by atoms with Crippen molar-refractivity contribution in [1.82, 2.24) is 9.97 Å². The van der Waals surface area contributed by atoms with Crippen molar-refractivity contribution in [1.29, 1.82) is 5.26 Å². The van der Waals surface area contributed by atoms with Crippen molar-refractivity contribution in [2.24, 2.45) is 5.41 Å². The van der Waals surface area contributed by atoms with Crippen molar-refractivity contribution < 1.29 is 19.5 Å². The van der Waals surface area contributed by atoms with Crippen molar-refractivity contribution in [3.8, 4) is 6.07 Å². The third kappa shape index (κ3) is 5.96. The van der Waals surface area contributed by atoms with Crippen LogP contribution in [0.15, 0.2) is 30.5 Å². The largest absolute Gasteiger partial charge is 0.385 e. The van der Waals surface area contributed by atoms with Gasteiger partial charge in [0.05, 0.1) is 11.8 Å². The molecule has 7 heteroatoms. The van der Waals surface area contributed by atoms with Crippen LogP contribution in [0.25, 0.3) is 5.57 Å². The average molecular weight is 462 g/mol. The minimum Gasteiger partial charge on any atom is -0.385 e. The fourth-order valence-electron chi connectivity index (χ4n) is 4.84. The van der Waals surface area contributed by atoms with Crippen LogP contribution in [-0.4, -0.2) is 27.0 Å². The topological polar surface area (TPSA) is 124 Å². The van der Waals surface area contributed by atoms with Crippen molar-refractivity contribution in [2.75, 3.05) is 0 Å². The Hall–Kier alpha value is -3.33. The number of carbonyl (C=O) groups is 1. The van der Waals surface area contributed by atoms with E-state index in [1.165, 1.54) is 18.2 Å². The number of H-pyrrole nitrogens is 1. The molecule has 2 aliphatic carbocycles. The Morgan fingerprint density at radius 1 is 1.18 bits per heavy atom. The molecule has 1 saturated carbocycles. The molecule has 1 aromatic carbocycles. The number of ketones is 1. The van der Waals surface area contributed by atoms with Crippen LogP contribution in [0.1, 0.15) is 98.2 Å². The zero-order valence-electron chi connectivity index (χ0n) is 19.8. The second kappa shape index (κ2) is 10.7. The predicted molar refractivity (Wildman–Crippen MR) is 125 cm³/mol. The third-order valence-electron chi connectivity index (χ3n) is 6.96. The molecule has 2 aliphatic rings. The number of nitrogens with zero attached hydrogens (tertiary/aromatic N) is 2. The summed E-state index contributed by atoms with van der Waals surface area (Å²) in [6.45, 7) is 4.57. The SMILES string of the molecule is CC1(C)CC=C(c2cc(C3(O)CCCCC3)ccc2CC(=O)c2ncc(C#N)[nH]2)CC1.O=C=O. The minimum absolute atomic E-state index is 0.136. The van der Waals surface area contributed by atoms with Crippen LogP contribution in [0.5, 0.6) is 0 Å². The highest BCUT2D eigenvalue weighted by atomic mass is 16.3. The molecule has 2 N–H and O–H groups in total. The van der Waals surface area contributed by atoms with Gasteiger partial charge in [-0.15, -0.1) is 0 Å². The lowest BCUT2D eigenvalue weighted by atomic mass is 9.74. The van der Waals surface area contributed by atoms with Gasteiger partial charge >= 0.3 is 6.15 Å². The van der Waals surface area contributed by atoms with Crippen LogP contribution in [0.3, 0.4) is 0 Å². The lowest BCUT2D eigenvalue weighted by Gasteiger charge is -2.34. The standard InChI is InChI=1S/C26H31N3O2.CO2/c1-25(2)12-8-18(9-13-25)22-15-20(26(31)10-4-3-5-11-26)7-6-19(22)14-23(30)24-28-17-21(16-27)29-24;2-1-3/h6-8,15,17,31H,3-5,9-14H2,1-2H3,(H,28,29);. The number of Topliss-reactive ketones (excluding diaryl/α,β-unsaturated/α-hetero) is 1. The van der Waals surface area contributed by atoms with Gasteiger partial charge in [-0.3, -0.25) is 4.79 Å². The van der Waals surface area contributed by atoms with Crippen LogP contribution in [0.2, 0.25) is 0 Å². The number of benzene rings is 1. The second-order valence-electron chi connectivity index (χ2n) is 10.0. The van der Waals surface area contributed by atoms with E-state index >= 15 is 0 Å². The fraction of sp³-hybridized carbons (Fsp3) is 0.481. The van der Waals surface area contributed by atoms with Crippen molar-refractivity contribution in [3.63, 3.8) is 0 Å². The number of nitriles is 1. The first-order valence-corrected chi connectivity index (χ1v) is 11.7. The summed E-state index contributed by atoms with van der Waals surface area (Å²) < 4.78 is 0. The molecule has 0 spiro atoms. The average Bonchev–Trinajstić information content (AvgIpc) is 3.30. The number of nitrogens with one attached hydrogen (secondary N) is 1. The van der Waals surface area contributed by atoms with Crippen LogP contribution >= 0.6 is 0 Å². The smallest absolute Gasteiger partial charge is 0.373 e. The lowest BCUT2D eigenvalue weighted by molar-refractivity contribution is -0.191. The maximum absolute atomic E-state index is 12.9. The number of rotatable bonds is 5. The molecule has 1 aromatic heterocycles. The van der Waals surface area contributed by atoms with Crippen molar-refractivity contribution in [2.45, 2.75) is 77.2 Å². The normalized spacial score (nSPS) is 18.5. The Labute approximate surface area is 199 Å². The first-order chi connectivity index (χ1) is 16.2. The molecule has 0 atom stereocenters. The van der Waals surface area contributed by atoms with Gasteiger partial charge in [0.1, 0.15) is 11.8 Å². The van der Waals surface area contributed by atoms with Gasteiger partial charge in [-0.1, -0.05) is 51.3 Å². The third-order valence-corrected chi connectivity index (χ3v) is 6.96. The van der Waals surface area contributed by atoms with E-state index in [0.29, 0.717) is 5.41 Å². The van der Waals surface area contributed by atoms with E-state index in [2.05, 4.69) is 36.0 Å². The van der Waals surface area contributed by atoms with Gasteiger partial charge < -0.3 is 10.1 Å². The van der Waals surface area contributed by atoms with Gasteiger partial charge in [0.15, 0.2) is 5.82 Å². The van der Waals surface area contributed by atoms with Gasteiger partial charge in [-0.05, 0) is 65.8 Å². The van der Waals surface area contributed by atoms with Crippen molar-refractivity contribution >= 4 is 17.5 Å². The number of imidazole rings is 1. The second-order valence-corrected chi connectivity index (χ2v) is 10.0. The number of allylic oxidation sites excluding steroid dienone is 2. The van der Waals surface area contributed by atoms with Gasteiger partial charge in [0.25, 0.3) is 0 Å².